The smallest absolute Gasteiger partial charge is 0.337 e. The number of para-hydroxylation sites is 2. The fourth-order valence-corrected chi connectivity index (χ4v) is 6.80. The first-order chi connectivity index (χ1) is 19.0. The van der Waals surface area contributed by atoms with Crippen LogP contribution in [0.5, 0.6) is 0 Å². The van der Waals surface area contributed by atoms with E-state index in [9.17, 15) is 4.79 Å². The second-order valence-corrected chi connectivity index (χ2v) is 11.5. The molecule has 6 heteroatoms. The number of carbonyl (C=O) groups excluding carboxylic acids is 1. The number of nitrogens with zero attached hydrogens (tertiary/aromatic N) is 3. The van der Waals surface area contributed by atoms with Gasteiger partial charge in [-0.3, -0.25) is 0 Å². The topological polar surface area (TPSA) is 61.1 Å². The van der Waals surface area contributed by atoms with Crippen molar-refractivity contribution >= 4 is 33.6 Å². The average Bonchev–Trinajstić information content (AvgIpc) is 3.51. The van der Waals surface area contributed by atoms with Crippen molar-refractivity contribution in [2.75, 3.05) is 12.4 Å². The van der Waals surface area contributed by atoms with Crippen molar-refractivity contribution in [3.8, 4) is 17.1 Å². The van der Waals surface area contributed by atoms with Gasteiger partial charge in [0.15, 0.2) is 0 Å². The van der Waals surface area contributed by atoms with Crippen molar-refractivity contribution in [3.05, 3.63) is 78.0 Å². The van der Waals surface area contributed by atoms with Crippen LogP contribution in [0.4, 0.5) is 5.69 Å². The number of hydrogen-bond donors (Lipinski definition) is 1. The van der Waals surface area contributed by atoms with Crippen LogP contribution >= 0.6 is 0 Å². The van der Waals surface area contributed by atoms with E-state index in [0.717, 1.165) is 53.2 Å². The Morgan fingerprint density at radius 1 is 1.00 bits per heavy atom. The van der Waals surface area contributed by atoms with Crippen LogP contribution in [0.1, 0.15) is 62.0 Å². The first kappa shape index (κ1) is 24.0. The molecule has 0 unspecified atom stereocenters. The molecule has 1 N–H and O–H groups in total. The summed E-state index contributed by atoms with van der Waals surface area (Å²) in [7, 11) is 1.41. The maximum Gasteiger partial charge on any atom is 0.337 e. The molecule has 1 aliphatic heterocycles. The van der Waals surface area contributed by atoms with Crippen molar-refractivity contribution in [1.29, 1.82) is 0 Å². The zero-order valence-electron chi connectivity index (χ0n) is 22.8. The van der Waals surface area contributed by atoms with Crippen LogP contribution in [-0.4, -0.2) is 27.2 Å². The fourth-order valence-electron chi connectivity index (χ4n) is 6.80. The van der Waals surface area contributed by atoms with Crippen LogP contribution in [0.2, 0.25) is 0 Å². The van der Waals surface area contributed by atoms with Crippen LogP contribution in [-0.2, 0) is 16.8 Å². The molecule has 0 amide bonds. The minimum absolute atomic E-state index is 0.0591. The minimum atomic E-state index is -0.348. The summed E-state index contributed by atoms with van der Waals surface area (Å²) in [5.74, 6) is 0.995. The number of rotatable bonds is 4. The third-order valence-electron chi connectivity index (χ3n) is 8.50. The molecular weight excluding hydrogens is 484 g/mol. The summed E-state index contributed by atoms with van der Waals surface area (Å²) in [5, 5.41) is 5.31. The molecule has 1 fully saturated rings. The Labute approximate surface area is 228 Å². The largest absolute Gasteiger partial charge is 0.465 e. The third kappa shape index (κ3) is 3.68. The van der Waals surface area contributed by atoms with Gasteiger partial charge in [-0.05, 0) is 61.2 Å². The van der Waals surface area contributed by atoms with Gasteiger partial charge >= 0.3 is 5.97 Å². The SMILES string of the molecule is COC(=O)c1ccc2c(c1)nc(-c1cccc3c1-n1c(cc4ccccc41)C1(CCCCC1)N3)n2CC(C)C. The molecule has 0 atom stereocenters. The van der Waals surface area contributed by atoms with Gasteiger partial charge in [-0.15, -0.1) is 0 Å². The van der Waals surface area contributed by atoms with E-state index >= 15 is 0 Å². The summed E-state index contributed by atoms with van der Waals surface area (Å²) in [6, 6.07) is 23.4. The van der Waals surface area contributed by atoms with E-state index < -0.39 is 0 Å². The summed E-state index contributed by atoms with van der Waals surface area (Å²) in [5.41, 5.74) is 8.25. The maximum absolute atomic E-state index is 12.3. The molecule has 1 saturated carbocycles. The second-order valence-electron chi connectivity index (χ2n) is 11.5. The van der Waals surface area contributed by atoms with Crippen LogP contribution in [0.3, 0.4) is 0 Å². The Kier molecular flexibility index (Phi) is 5.55. The predicted octanol–water partition coefficient (Wildman–Crippen LogP) is 7.67. The average molecular weight is 519 g/mol. The first-order valence-electron chi connectivity index (χ1n) is 14.1. The zero-order valence-corrected chi connectivity index (χ0v) is 22.8. The van der Waals surface area contributed by atoms with Gasteiger partial charge in [0.05, 0.1) is 46.1 Å². The molecule has 3 aromatic carbocycles. The molecule has 1 spiro atoms. The molecule has 2 aliphatic rings. The number of esters is 1. The highest BCUT2D eigenvalue weighted by molar-refractivity contribution is 5.96. The number of benzene rings is 3. The number of hydrogen-bond acceptors (Lipinski definition) is 4. The Morgan fingerprint density at radius 2 is 1.82 bits per heavy atom. The molecule has 0 saturated heterocycles. The summed E-state index contributed by atoms with van der Waals surface area (Å²) in [4.78, 5) is 17.5. The lowest BCUT2D eigenvalue weighted by Crippen LogP contribution is -2.42. The molecule has 39 heavy (non-hydrogen) atoms. The van der Waals surface area contributed by atoms with Crippen molar-refractivity contribution in [3.63, 3.8) is 0 Å². The molecule has 198 valence electrons. The van der Waals surface area contributed by atoms with Crippen LogP contribution in [0.25, 0.3) is 39.0 Å². The molecule has 6 nitrogen and oxygen atoms in total. The van der Waals surface area contributed by atoms with Gasteiger partial charge in [0, 0.05) is 23.2 Å². The van der Waals surface area contributed by atoms with E-state index in [-0.39, 0.29) is 11.5 Å². The number of ether oxygens (including phenoxy) is 1. The summed E-state index contributed by atoms with van der Waals surface area (Å²) >= 11 is 0. The number of aromatic nitrogens is 3. The Morgan fingerprint density at radius 3 is 2.62 bits per heavy atom. The van der Waals surface area contributed by atoms with Crippen LogP contribution in [0.15, 0.2) is 66.7 Å². The lowest BCUT2D eigenvalue weighted by atomic mass is 9.77. The summed E-state index contributed by atoms with van der Waals surface area (Å²) < 4.78 is 9.80. The highest BCUT2D eigenvalue weighted by atomic mass is 16.5. The van der Waals surface area contributed by atoms with Crippen molar-refractivity contribution < 1.29 is 9.53 Å². The Bertz CT molecular complexity index is 1740. The van der Waals surface area contributed by atoms with Gasteiger partial charge in [0.2, 0.25) is 0 Å². The van der Waals surface area contributed by atoms with Crippen molar-refractivity contribution in [1.82, 2.24) is 14.1 Å². The van der Waals surface area contributed by atoms with Gasteiger partial charge in [-0.2, -0.15) is 0 Å². The van der Waals surface area contributed by atoms with E-state index in [2.05, 4.69) is 76.8 Å². The number of carbonyl (C=O) groups is 1. The Hall–Kier alpha value is -4.06. The van der Waals surface area contributed by atoms with E-state index in [0.29, 0.717) is 11.5 Å². The van der Waals surface area contributed by atoms with E-state index in [1.165, 1.54) is 43.0 Å². The predicted molar refractivity (Wildman–Crippen MR) is 157 cm³/mol. The molecule has 1 aliphatic carbocycles. The first-order valence-corrected chi connectivity index (χ1v) is 14.1. The second kappa shape index (κ2) is 9.01. The van der Waals surface area contributed by atoms with Gasteiger partial charge in [-0.25, -0.2) is 9.78 Å². The molecule has 7 rings (SSSR count). The number of fused-ring (bicyclic) bond motifs is 7. The molecular formula is C33H34N4O2. The van der Waals surface area contributed by atoms with Crippen molar-refractivity contribution in [2.24, 2.45) is 5.92 Å². The van der Waals surface area contributed by atoms with Crippen LogP contribution < -0.4 is 5.32 Å². The molecule has 2 aromatic heterocycles. The zero-order chi connectivity index (χ0) is 26.7. The van der Waals surface area contributed by atoms with Gasteiger partial charge in [0.25, 0.3) is 0 Å². The van der Waals surface area contributed by atoms with Crippen LogP contribution in [0, 0.1) is 5.92 Å². The highest BCUT2D eigenvalue weighted by Crippen LogP contribution is 2.50. The van der Waals surface area contributed by atoms with E-state index in [4.69, 9.17) is 9.72 Å². The monoisotopic (exact) mass is 518 g/mol. The van der Waals surface area contributed by atoms with Gasteiger partial charge in [0.1, 0.15) is 5.82 Å². The normalized spacial score (nSPS) is 15.9. The quantitative estimate of drug-likeness (QED) is 0.248. The lowest BCUT2D eigenvalue weighted by Gasteiger charge is -2.44. The summed E-state index contributed by atoms with van der Waals surface area (Å²) in [6.45, 7) is 5.28. The number of nitrogens with one attached hydrogen (secondary N) is 1. The van der Waals surface area contributed by atoms with E-state index in [1.54, 1.807) is 0 Å². The molecule has 0 bridgehead atoms. The van der Waals surface area contributed by atoms with Gasteiger partial charge < -0.3 is 19.2 Å². The van der Waals surface area contributed by atoms with Crippen molar-refractivity contribution in [2.45, 2.75) is 58.0 Å². The van der Waals surface area contributed by atoms with E-state index in [1.807, 2.05) is 18.2 Å². The third-order valence-corrected chi connectivity index (χ3v) is 8.50. The highest BCUT2D eigenvalue weighted by Gasteiger charge is 2.41. The standard InChI is InChI=1S/C33H34N4O2/c1-21(2)20-36-28-15-14-23(32(38)39-3)18-26(28)34-31(36)24-11-9-12-25-30(24)37-27-13-6-5-10-22(27)19-29(37)33(35-25)16-7-4-8-17-33/h5-6,9-15,18-19,21,35H,4,7-8,16-17,20H2,1-3H3. The number of anilines is 1. The minimum Gasteiger partial charge on any atom is -0.465 e. The molecule has 0 radical (unpaired) electrons. The van der Waals surface area contributed by atoms with Gasteiger partial charge in [-0.1, -0.05) is 57.4 Å². The molecule has 5 aromatic rings. The number of methoxy groups -OCH3 is 1. The maximum atomic E-state index is 12.3. The fraction of sp³-hybridized carbons (Fsp3) is 0.333. The molecule has 3 heterocycles. The summed E-state index contributed by atoms with van der Waals surface area (Å²) in [6.07, 6.45) is 6.03. The number of imidazole rings is 1. The lowest BCUT2D eigenvalue weighted by molar-refractivity contribution is 0.0601. The Balaban J connectivity index is 1.51.